The fourth-order valence-corrected chi connectivity index (χ4v) is 6.18. The van der Waals surface area contributed by atoms with E-state index in [0.29, 0.717) is 21.4 Å². The Labute approximate surface area is 305 Å². The minimum Gasteiger partial charge on any atom is -0.447 e. The topological polar surface area (TPSA) is 143 Å². The lowest BCUT2D eigenvalue weighted by Crippen LogP contribution is -2.50. The van der Waals surface area contributed by atoms with Crippen LogP contribution in [0.1, 0.15) is 77.0 Å². The van der Waals surface area contributed by atoms with Crippen molar-refractivity contribution in [1.82, 2.24) is 40.1 Å². The molecule has 2 aromatic heterocycles. The van der Waals surface area contributed by atoms with Crippen LogP contribution in [0.3, 0.4) is 0 Å². The summed E-state index contributed by atoms with van der Waals surface area (Å²) in [5.41, 5.74) is -2.71. The molecule has 2 atom stereocenters. The molecule has 3 heterocycles. The zero-order chi connectivity index (χ0) is 39.0. The molecule has 1 fully saturated rings. The molecule has 53 heavy (non-hydrogen) atoms. The van der Waals surface area contributed by atoms with Crippen molar-refractivity contribution in [3.05, 3.63) is 83.2 Å². The van der Waals surface area contributed by atoms with E-state index in [0.717, 1.165) is 29.8 Å². The first-order valence-corrected chi connectivity index (χ1v) is 16.5. The molecule has 1 aliphatic heterocycles. The summed E-state index contributed by atoms with van der Waals surface area (Å²) in [5.74, 6) is -1.82. The van der Waals surface area contributed by atoms with Crippen LogP contribution in [0.25, 0.3) is 16.8 Å². The highest BCUT2D eigenvalue weighted by Crippen LogP contribution is 2.43. The summed E-state index contributed by atoms with van der Waals surface area (Å²) in [6, 6.07) is 9.22. The number of aromatic nitrogens is 5. The third kappa shape index (κ3) is 8.11. The van der Waals surface area contributed by atoms with E-state index in [9.17, 15) is 35.9 Å². The number of rotatable bonds is 12. The predicted octanol–water partition coefficient (Wildman–Crippen LogP) is 7.63. The highest BCUT2D eigenvalue weighted by Gasteiger charge is 2.54. The number of halogens is 7. The van der Waals surface area contributed by atoms with Crippen molar-refractivity contribution in [2.45, 2.75) is 77.6 Å². The molecule has 2 amide bonds. The lowest BCUT2D eigenvalue weighted by Gasteiger charge is -2.35. The van der Waals surface area contributed by atoms with Crippen molar-refractivity contribution >= 4 is 29.6 Å². The molecular formula is C34H36ClF6N9O3. The zero-order valence-corrected chi connectivity index (χ0v) is 29.8. The third-order valence-corrected chi connectivity index (χ3v) is 8.79. The zero-order valence-electron chi connectivity index (χ0n) is 29.1. The first kappa shape index (κ1) is 39.1. The molecule has 0 unspecified atom stereocenters. The summed E-state index contributed by atoms with van der Waals surface area (Å²) in [6.45, 7) is 4.28. The van der Waals surface area contributed by atoms with Crippen LogP contribution in [0, 0.1) is 10.8 Å². The van der Waals surface area contributed by atoms with Gasteiger partial charge in [0.2, 0.25) is 0 Å². The molecule has 0 saturated carbocycles. The van der Waals surface area contributed by atoms with E-state index in [-0.39, 0.29) is 22.7 Å². The lowest BCUT2D eigenvalue weighted by atomic mass is 9.75. The Hall–Kier alpha value is -5.13. The summed E-state index contributed by atoms with van der Waals surface area (Å²) in [5, 5.41) is 21.7. The quantitative estimate of drug-likeness (QED) is 0.126. The van der Waals surface area contributed by atoms with Gasteiger partial charge in [-0.2, -0.15) is 19.0 Å². The van der Waals surface area contributed by atoms with Crippen LogP contribution in [-0.2, 0) is 15.1 Å². The Kier molecular flexibility index (Phi) is 10.9. The maximum Gasteiger partial charge on any atom is 0.407 e. The first-order chi connectivity index (χ1) is 24.7. The number of benzene rings is 2. The van der Waals surface area contributed by atoms with Crippen LogP contribution in [0.4, 0.5) is 31.1 Å². The molecule has 0 bridgehead atoms. The number of hydrogen-bond acceptors (Lipinski definition) is 7. The largest absolute Gasteiger partial charge is 0.447 e. The van der Waals surface area contributed by atoms with Crippen LogP contribution >= 0.6 is 11.6 Å². The highest BCUT2D eigenvalue weighted by molar-refractivity contribution is 6.32. The van der Waals surface area contributed by atoms with Gasteiger partial charge in [0.25, 0.3) is 18.8 Å². The van der Waals surface area contributed by atoms with Gasteiger partial charge in [-0.1, -0.05) is 62.7 Å². The second kappa shape index (κ2) is 14.7. The molecule has 0 spiro atoms. The molecule has 0 radical (unpaired) electrons. The number of nitrogens with one attached hydrogen (secondary N) is 3. The fourth-order valence-electron chi connectivity index (χ4n) is 5.99. The molecular weight excluding hydrogens is 732 g/mol. The third-order valence-electron chi connectivity index (χ3n) is 8.47. The molecule has 19 heteroatoms. The summed E-state index contributed by atoms with van der Waals surface area (Å²) in [7, 11) is 0. The Morgan fingerprint density at radius 1 is 1.02 bits per heavy atom. The number of alkyl carbamates (subject to hydrolysis) is 1. The standard InChI is InChI=1S/C34H36ClF6N9O3/c1-32(2,3)16-34(21-9-6-18(7-10-21)20-13-44-48(14-20)29(40)41)28(51)49(30(42)46-34)24(15-53-31(52)47-33(4,5)27(38)39)19-8-11-22(35)23(12-19)50-26(25(36)37)43-17-45-50/h6-14,17,24-25,27,29H,15-16H2,1-5H3,(H2,42,46)(H,47,52)/t24-,34-/m1/s1. The van der Waals surface area contributed by atoms with Crippen molar-refractivity contribution in [3.8, 4) is 16.8 Å². The van der Waals surface area contributed by atoms with Crippen molar-refractivity contribution < 1.29 is 40.7 Å². The SMILES string of the molecule is CC(C)(C)C[C@]1(c2ccc(-c3cnn(C(F)F)c3)cc2)NC(=N)N([C@H](COC(=O)NC(C)(C)C(F)F)c2ccc(Cl)c(-n3ncnc3C(F)F)c2)C1=O. The van der Waals surface area contributed by atoms with Gasteiger partial charge in [-0.05, 0) is 54.5 Å². The average Bonchev–Trinajstić information content (AvgIpc) is 3.81. The Morgan fingerprint density at radius 2 is 1.70 bits per heavy atom. The van der Waals surface area contributed by atoms with E-state index in [1.807, 2.05) is 20.8 Å². The monoisotopic (exact) mass is 767 g/mol. The number of guanidine groups is 1. The van der Waals surface area contributed by atoms with E-state index in [4.69, 9.17) is 21.7 Å². The summed E-state index contributed by atoms with van der Waals surface area (Å²) < 4.78 is 87.8. The summed E-state index contributed by atoms with van der Waals surface area (Å²) in [4.78, 5) is 32.3. The lowest BCUT2D eigenvalue weighted by molar-refractivity contribution is -0.134. The van der Waals surface area contributed by atoms with Gasteiger partial charge in [-0.3, -0.25) is 15.1 Å². The maximum absolute atomic E-state index is 14.9. The van der Waals surface area contributed by atoms with Crippen LogP contribution in [0.5, 0.6) is 0 Å². The van der Waals surface area contributed by atoms with E-state index in [1.165, 1.54) is 30.6 Å². The van der Waals surface area contributed by atoms with Crippen molar-refractivity contribution in [3.63, 3.8) is 0 Å². The average molecular weight is 768 g/mol. The summed E-state index contributed by atoms with van der Waals surface area (Å²) in [6.07, 6.45) is -3.77. The Morgan fingerprint density at radius 3 is 2.28 bits per heavy atom. The molecule has 0 aliphatic carbocycles. The second-order valence-corrected chi connectivity index (χ2v) is 14.6. The Bertz CT molecular complexity index is 1980. The molecule has 1 aliphatic rings. The van der Waals surface area contributed by atoms with Gasteiger partial charge < -0.3 is 15.4 Å². The number of hydrogen-bond donors (Lipinski definition) is 3. The van der Waals surface area contributed by atoms with Gasteiger partial charge in [-0.25, -0.2) is 36.7 Å². The first-order valence-electron chi connectivity index (χ1n) is 16.1. The van der Waals surface area contributed by atoms with E-state index < -0.39 is 72.3 Å². The van der Waals surface area contributed by atoms with Crippen molar-refractivity contribution in [2.24, 2.45) is 5.41 Å². The minimum absolute atomic E-state index is 0.0283. The molecule has 4 aromatic rings. The number of amides is 2. The van der Waals surface area contributed by atoms with Gasteiger partial charge in [-0.15, -0.1) is 0 Å². The van der Waals surface area contributed by atoms with Crippen LogP contribution < -0.4 is 10.6 Å². The number of ether oxygens (including phenoxy) is 1. The predicted molar refractivity (Wildman–Crippen MR) is 181 cm³/mol. The van der Waals surface area contributed by atoms with Crippen LogP contribution in [-0.4, -0.2) is 66.0 Å². The number of carbonyl (C=O) groups is 2. The normalized spacial score (nSPS) is 17.2. The molecule has 1 saturated heterocycles. The fraction of sp³-hybridized carbons (Fsp3) is 0.412. The minimum atomic E-state index is -3.04. The van der Waals surface area contributed by atoms with Crippen LogP contribution in [0.15, 0.2) is 61.2 Å². The molecule has 3 N–H and O–H groups in total. The van der Waals surface area contributed by atoms with Gasteiger partial charge >= 0.3 is 12.6 Å². The number of carbonyl (C=O) groups excluding carboxylic acids is 2. The van der Waals surface area contributed by atoms with Gasteiger partial charge in [0.05, 0.1) is 28.5 Å². The van der Waals surface area contributed by atoms with E-state index >= 15 is 0 Å². The maximum atomic E-state index is 14.9. The smallest absolute Gasteiger partial charge is 0.407 e. The van der Waals surface area contributed by atoms with E-state index in [2.05, 4.69) is 25.8 Å². The molecule has 5 rings (SSSR count). The van der Waals surface area contributed by atoms with E-state index in [1.54, 1.807) is 24.3 Å². The summed E-state index contributed by atoms with van der Waals surface area (Å²) >= 11 is 6.41. The number of alkyl halides is 6. The highest BCUT2D eigenvalue weighted by atomic mass is 35.5. The van der Waals surface area contributed by atoms with Gasteiger partial charge in [0.1, 0.15) is 18.5 Å². The molecule has 12 nitrogen and oxygen atoms in total. The van der Waals surface area contributed by atoms with Crippen molar-refractivity contribution in [1.29, 1.82) is 5.41 Å². The van der Waals surface area contributed by atoms with Crippen molar-refractivity contribution in [2.75, 3.05) is 6.61 Å². The number of nitrogens with zero attached hydrogens (tertiary/aromatic N) is 6. The molecule has 2 aromatic carbocycles. The molecule has 284 valence electrons. The van der Waals surface area contributed by atoms with Gasteiger partial charge in [0, 0.05) is 11.8 Å². The van der Waals surface area contributed by atoms with Gasteiger partial charge in [0.15, 0.2) is 11.8 Å². The second-order valence-electron chi connectivity index (χ2n) is 14.2. The van der Waals surface area contributed by atoms with Crippen LogP contribution in [0.2, 0.25) is 5.02 Å². The Balaban J connectivity index is 1.58.